The van der Waals surface area contributed by atoms with Crippen LogP contribution in [0.1, 0.15) is 83.3 Å². The number of aliphatic hydroxyl groups excluding tert-OH is 1. The normalized spacial score (nSPS) is 13.0. The lowest BCUT2D eigenvalue weighted by atomic mass is 9.70. The van der Waals surface area contributed by atoms with Gasteiger partial charge in [0.2, 0.25) is 0 Å². The molecule has 0 saturated heterocycles. The molecule has 2 N–H and O–H groups in total. The van der Waals surface area contributed by atoms with Gasteiger partial charge in [-0.3, -0.25) is 0 Å². The first-order valence-corrected chi connectivity index (χ1v) is 8.85. The van der Waals surface area contributed by atoms with Gasteiger partial charge in [-0.15, -0.1) is 0 Å². The summed E-state index contributed by atoms with van der Waals surface area (Å²) in [5.74, 6) is -0.229. The highest BCUT2D eigenvalue weighted by atomic mass is 16.5. The van der Waals surface area contributed by atoms with E-state index in [0.717, 1.165) is 17.5 Å². The fourth-order valence-electron chi connectivity index (χ4n) is 3.48. The Labute approximate surface area is 152 Å². The van der Waals surface area contributed by atoms with Gasteiger partial charge < -0.3 is 14.9 Å². The molecule has 0 unspecified atom stereocenters. The van der Waals surface area contributed by atoms with Crippen molar-refractivity contribution in [1.29, 1.82) is 0 Å². The molecule has 0 bridgehead atoms. The molecule has 0 radical (unpaired) electrons. The number of hydrogen-bond acceptors (Lipinski definition) is 4. The molecule has 0 heterocycles. The number of benzene rings is 1. The van der Waals surface area contributed by atoms with Crippen LogP contribution in [-0.2, 0) is 15.6 Å². The minimum absolute atomic E-state index is 0.0364. The molecule has 1 aromatic carbocycles. The summed E-state index contributed by atoms with van der Waals surface area (Å²) in [6.45, 7) is 16.4. The molecular weight excluding hydrogens is 316 g/mol. The van der Waals surface area contributed by atoms with E-state index in [2.05, 4.69) is 34.6 Å². The van der Waals surface area contributed by atoms with Crippen LogP contribution in [0.15, 0.2) is 12.1 Å². The van der Waals surface area contributed by atoms with E-state index in [1.807, 2.05) is 20.8 Å². The third kappa shape index (κ3) is 5.74. The first-order chi connectivity index (χ1) is 11.2. The molecule has 1 rings (SSSR count). The van der Waals surface area contributed by atoms with Gasteiger partial charge in [-0.2, -0.15) is 0 Å². The van der Waals surface area contributed by atoms with E-state index in [9.17, 15) is 9.90 Å². The van der Waals surface area contributed by atoms with Crippen molar-refractivity contribution in [2.45, 2.75) is 72.6 Å². The monoisotopic (exact) mass is 350 g/mol. The molecule has 0 amide bonds. The van der Waals surface area contributed by atoms with Crippen LogP contribution in [0.25, 0.3) is 0 Å². The fourth-order valence-corrected chi connectivity index (χ4v) is 3.48. The van der Waals surface area contributed by atoms with Crippen LogP contribution in [0.4, 0.5) is 0 Å². The Balaban J connectivity index is 3.53. The molecule has 4 nitrogen and oxygen atoms in total. The van der Waals surface area contributed by atoms with E-state index in [1.165, 1.54) is 0 Å². The summed E-state index contributed by atoms with van der Waals surface area (Å²) in [4.78, 5) is 12.3. The summed E-state index contributed by atoms with van der Waals surface area (Å²) in [5.41, 5.74) is 1.34. The Bertz CT molecular complexity index is 616. The molecule has 0 spiro atoms. The summed E-state index contributed by atoms with van der Waals surface area (Å²) in [5, 5.41) is 19.8. The minimum Gasteiger partial charge on any atom is -0.507 e. The molecular formula is C21H34O4. The van der Waals surface area contributed by atoms with Crippen molar-refractivity contribution < 1.29 is 19.7 Å². The van der Waals surface area contributed by atoms with Gasteiger partial charge >= 0.3 is 5.97 Å². The van der Waals surface area contributed by atoms with Gasteiger partial charge in [0.05, 0.1) is 12.2 Å². The Morgan fingerprint density at radius 3 is 1.96 bits per heavy atom. The number of ether oxygens (including phenoxy) is 1. The molecule has 0 aromatic heterocycles. The van der Waals surface area contributed by atoms with Crippen molar-refractivity contribution in [2.75, 3.05) is 13.2 Å². The van der Waals surface area contributed by atoms with Gasteiger partial charge in [0.15, 0.2) is 0 Å². The molecule has 4 heteroatoms. The summed E-state index contributed by atoms with van der Waals surface area (Å²) in [6, 6.07) is 3.43. The number of carbonyl (C=O) groups is 1. The summed E-state index contributed by atoms with van der Waals surface area (Å²) in [6.07, 6.45) is 0.853. The van der Waals surface area contributed by atoms with Crippen LogP contribution >= 0.6 is 0 Å². The molecule has 0 aliphatic carbocycles. The van der Waals surface area contributed by atoms with Crippen molar-refractivity contribution in [3.8, 4) is 5.75 Å². The fraction of sp³-hybridized carbons (Fsp3) is 0.667. The Morgan fingerprint density at radius 1 is 1.00 bits per heavy atom. The van der Waals surface area contributed by atoms with Crippen molar-refractivity contribution >= 4 is 5.97 Å². The number of esters is 1. The second kappa shape index (κ2) is 7.36. The summed E-state index contributed by atoms with van der Waals surface area (Å²) >= 11 is 0. The maximum Gasteiger partial charge on any atom is 0.338 e. The van der Waals surface area contributed by atoms with E-state index in [0.29, 0.717) is 5.56 Å². The smallest absolute Gasteiger partial charge is 0.338 e. The maximum atomic E-state index is 12.3. The average Bonchev–Trinajstić information content (AvgIpc) is 2.40. The van der Waals surface area contributed by atoms with Gasteiger partial charge in [0.1, 0.15) is 12.4 Å². The minimum atomic E-state index is -0.479. The zero-order valence-corrected chi connectivity index (χ0v) is 17.0. The van der Waals surface area contributed by atoms with Crippen LogP contribution in [0.2, 0.25) is 0 Å². The number of rotatable bonds is 5. The number of phenols is 1. The zero-order chi connectivity index (χ0) is 19.6. The first-order valence-electron chi connectivity index (χ1n) is 8.85. The number of aliphatic hydroxyl groups is 1. The van der Waals surface area contributed by atoms with Crippen LogP contribution in [0, 0.1) is 5.41 Å². The highest BCUT2D eigenvalue weighted by Gasteiger charge is 2.33. The quantitative estimate of drug-likeness (QED) is 0.764. The standard InChI is InChI=1S/C21H34O4/c1-19(2,3)13-21(7,8)16-12-14(18(24)25-10-9-22)11-15(17(16)23)20(4,5)6/h11-12,22-23H,9-10,13H2,1-8H3. The second-order valence-electron chi connectivity index (χ2n) is 9.65. The zero-order valence-electron chi connectivity index (χ0n) is 17.0. The average molecular weight is 350 g/mol. The Kier molecular flexibility index (Phi) is 6.33. The SMILES string of the molecule is CC(C)(C)CC(C)(C)c1cc(C(=O)OCCO)cc(C(C)(C)C)c1O. The van der Waals surface area contributed by atoms with E-state index < -0.39 is 5.97 Å². The number of aromatic hydroxyl groups is 1. The highest BCUT2D eigenvalue weighted by molar-refractivity contribution is 5.90. The van der Waals surface area contributed by atoms with E-state index in [1.54, 1.807) is 12.1 Å². The van der Waals surface area contributed by atoms with E-state index in [4.69, 9.17) is 9.84 Å². The van der Waals surface area contributed by atoms with Crippen molar-refractivity contribution in [3.05, 3.63) is 28.8 Å². The number of hydrogen-bond donors (Lipinski definition) is 2. The third-order valence-corrected chi connectivity index (χ3v) is 4.18. The Morgan fingerprint density at radius 2 is 1.52 bits per heavy atom. The Hall–Kier alpha value is -1.55. The molecule has 0 fully saturated rings. The largest absolute Gasteiger partial charge is 0.507 e. The lowest BCUT2D eigenvalue weighted by Crippen LogP contribution is -2.26. The van der Waals surface area contributed by atoms with Crippen molar-refractivity contribution in [2.24, 2.45) is 5.41 Å². The lowest BCUT2D eigenvalue weighted by molar-refractivity contribution is 0.0433. The molecule has 142 valence electrons. The van der Waals surface area contributed by atoms with E-state index >= 15 is 0 Å². The van der Waals surface area contributed by atoms with Gasteiger partial charge in [-0.1, -0.05) is 55.4 Å². The summed E-state index contributed by atoms with van der Waals surface area (Å²) in [7, 11) is 0. The van der Waals surface area contributed by atoms with Gasteiger partial charge in [-0.25, -0.2) is 4.79 Å². The van der Waals surface area contributed by atoms with E-state index in [-0.39, 0.29) is 35.2 Å². The molecule has 25 heavy (non-hydrogen) atoms. The van der Waals surface area contributed by atoms with Crippen LogP contribution in [0.3, 0.4) is 0 Å². The second-order valence-corrected chi connectivity index (χ2v) is 9.65. The van der Waals surface area contributed by atoms with Gasteiger partial charge in [0.25, 0.3) is 0 Å². The van der Waals surface area contributed by atoms with Crippen LogP contribution < -0.4 is 0 Å². The van der Waals surface area contributed by atoms with Crippen LogP contribution in [0.5, 0.6) is 5.75 Å². The number of phenolic OH excluding ortho intramolecular Hbond substituents is 1. The summed E-state index contributed by atoms with van der Waals surface area (Å²) < 4.78 is 5.08. The molecule has 1 aromatic rings. The predicted molar refractivity (Wildman–Crippen MR) is 101 cm³/mol. The predicted octanol–water partition coefficient (Wildman–Crippen LogP) is 4.55. The number of carbonyl (C=O) groups excluding carboxylic acids is 1. The van der Waals surface area contributed by atoms with Crippen molar-refractivity contribution in [3.63, 3.8) is 0 Å². The highest BCUT2D eigenvalue weighted by Crippen LogP contribution is 2.44. The lowest BCUT2D eigenvalue weighted by Gasteiger charge is -2.35. The molecule has 0 aliphatic heterocycles. The topological polar surface area (TPSA) is 66.8 Å². The molecule has 0 atom stereocenters. The van der Waals surface area contributed by atoms with Crippen molar-refractivity contribution in [1.82, 2.24) is 0 Å². The molecule has 0 saturated carbocycles. The third-order valence-electron chi connectivity index (χ3n) is 4.18. The van der Waals surface area contributed by atoms with Gasteiger partial charge in [0, 0.05) is 11.1 Å². The van der Waals surface area contributed by atoms with Crippen LogP contribution in [-0.4, -0.2) is 29.4 Å². The van der Waals surface area contributed by atoms with Gasteiger partial charge in [-0.05, 0) is 34.8 Å². The maximum absolute atomic E-state index is 12.3. The first kappa shape index (κ1) is 21.5. The molecule has 0 aliphatic rings.